The van der Waals surface area contributed by atoms with Crippen molar-refractivity contribution in [1.82, 2.24) is 9.80 Å². The van der Waals surface area contributed by atoms with Crippen LogP contribution in [-0.2, 0) is 11.2 Å². The van der Waals surface area contributed by atoms with Gasteiger partial charge in [0, 0.05) is 29.1 Å². The molecule has 190 valence electrons. The van der Waals surface area contributed by atoms with E-state index in [9.17, 15) is 14.0 Å². The quantitative estimate of drug-likeness (QED) is 0.390. The summed E-state index contributed by atoms with van der Waals surface area (Å²) in [6.45, 7) is 4.66. The van der Waals surface area contributed by atoms with E-state index in [0.29, 0.717) is 23.6 Å². The topological polar surface area (TPSA) is 59.1 Å². The third-order valence-corrected chi connectivity index (χ3v) is 7.64. The fourth-order valence-corrected chi connectivity index (χ4v) is 5.32. The monoisotopic (exact) mass is 510 g/mol. The van der Waals surface area contributed by atoms with Crippen LogP contribution in [-0.4, -0.2) is 54.5 Å². The second-order valence-corrected chi connectivity index (χ2v) is 9.84. The number of ether oxygens (including phenoxy) is 2. The minimum atomic E-state index is -0.374. The predicted octanol–water partition coefficient (Wildman–Crippen LogP) is 5.34. The lowest BCUT2D eigenvalue weighted by atomic mass is 10.00. The maximum absolute atomic E-state index is 13.7. The van der Waals surface area contributed by atoms with Crippen molar-refractivity contribution in [1.29, 1.82) is 0 Å². The first kappa shape index (κ1) is 25.7. The summed E-state index contributed by atoms with van der Waals surface area (Å²) in [6.07, 6.45) is 1.47. The lowest BCUT2D eigenvalue weighted by Crippen LogP contribution is -2.49. The first-order valence-corrected chi connectivity index (χ1v) is 13.0. The second kappa shape index (κ2) is 11.6. The van der Waals surface area contributed by atoms with E-state index in [1.807, 2.05) is 25.3 Å². The second-order valence-electron chi connectivity index (χ2n) is 8.84. The molecule has 6 nitrogen and oxygen atoms in total. The van der Waals surface area contributed by atoms with Gasteiger partial charge in [-0.15, -0.1) is 11.3 Å². The van der Waals surface area contributed by atoms with Gasteiger partial charge < -0.3 is 19.3 Å². The molecule has 4 rings (SSSR count). The number of methoxy groups -OCH3 is 1. The minimum Gasteiger partial charge on any atom is -0.497 e. The lowest BCUT2D eigenvalue weighted by Gasteiger charge is -2.38. The summed E-state index contributed by atoms with van der Waals surface area (Å²) in [5.41, 5.74) is 1.56. The van der Waals surface area contributed by atoms with E-state index in [0.717, 1.165) is 18.4 Å². The van der Waals surface area contributed by atoms with Crippen molar-refractivity contribution in [2.45, 2.75) is 38.8 Å². The number of amides is 2. The van der Waals surface area contributed by atoms with Gasteiger partial charge in [-0.25, -0.2) is 4.39 Å². The van der Waals surface area contributed by atoms with E-state index >= 15 is 0 Å². The molecule has 2 aromatic carbocycles. The molecule has 8 heteroatoms. The molecular weight excluding hydrogens is 479 g/mol. The zero-order valence-electron chi connectivity index (χ0n) is 20.8. The summed E-state index contributed by atoms with van der Waals surface area (Å²) >= 11 is 1.67. The zero-order chi connectivity index (χ0) is 25.7. The fraction of sp³-hybridized carbons (Fsp3) is 0.357. The predicted molar refractivity (Wildman–Crippen MR) is 138 cm³/mol. The molecule has 36 heavy (non-hydrogen) atoms. The Morgan fingerprint density at radius 3 is 2.64 bits per heavy atom. The van der Waals surface area contributed by atoms with Crippen LogP contribution in [0.15, 0.2) is 60.0 Å². The highest BCUT2D eigenvalue weighted by atomic mass is 32.1. The molecule has 2 heterocycles. The molecule has 2 atom stereocenters. The first-order chi connectivity index (χ1) is 17.4. The number of rotatable bonds is 9. The third kappa shape index (κ3) is 5.70. The van der Waals surface area contributed by atoms with Gasteiger partial charge in [-0.1, -0.05) is 13.0 Å². The number of nitrogens with zero attached hydrogens (tertiary/aromatic N) is 2. The van der Waals surface area contributed by atoms with Crippen molar-refractivity contribution in [3.05, 3.63) is 81.8 Å². The van der Waals surface area contributed by atoms with Crippen LogP contribution < -0.4 is 9.47 Å². The SMILES string of the molecule is CC[C@@H](C)N(CC(=O)N1CCc2sccc2[C@H]1COc1cccc(F)c1)C(=O)c1ccc(OC)cc1. The normalized spacial score (nSPS) is 15.7. The highest BCUT2D eigenvalue weighted by Gasteiger charge is 2.34. The molecular formula is C28H31FN2O4S. The van der Waals surface area contributed by atoms with Gasteiger partial charge in [0.2, 0.25) is 5.91 Å². The Bertz CT molecular complexity index is 1200. The summed E-state index contributed by atoms with van der Waals surface area (Å²) in [6, 6.07) is 14.5. The van der Waals surface area contributed by atoms with E-state index in [4.69, 9.17) is 9.47 Å². The zero-order valence-corrected chi connectivity index (χ0v) is 21.6. The number of thiophene rings is 1. The Balaban J connectivity index is 1.54. The van der Waals surface area contributed by atoms with Crippen LogP contribution >= 0.6 is 11.3 Å². The largest absolute Gasteiger partial charge is 0.497 e. The summed E-state index contributed by atoms with van der Waals surface area (Å²) in [4.78, 5) is 31.7. The van der Waals surface area contributed by atoms with Crippen LogP contribution in [0, 0.1) is 5.82 Å². The highest BCUT2D eigenvalue weighted by molar-refractivity contribution is 7.10. The Morgan fingerprint density at radius 2 is 1.94 bits per heavy atom. The van der Waals surface area contributed by atoms with Crippen molar-refractivity contribution >= 4 is 23.2 Å². The summed E-state index contributed by atoms with van der Waals surface area (Å²) < 4.78 is 24.8. The van der Waals surface area contributed by atoms with E-state index < -0.39 is 0 Å². The molecule has 0 radical (unpaired) electrons. The van der Waals surface area contributed by atoms with Crippen molar-refractivity contribution in [2.75, 3.05) is 26.8 Å². The highest BCUT2D eigenvalue weighted by Crippen LogP contribution is 2.34. The van der Waals surface area contributed by atoms with Crippen molar-refractivity contribution in [3.8, 4) is 11.5 Å². The first-order valence-electron chi connectivity index (χ1n) is 12.1. The number of carbonyl (C=O) groups is 2. The number of carbonyl (C=O) groups excluding carboxylic acids is 2. The molecule has 0 saturated carbocycles. The molecule has 0 bridgehead atoms. The molecule has 1 aliphatic heterocycles. The number of benzene rings is 2. The fourth-order valence-electron chi connectivity index (χ4n) is 4.39. The van der Waals surface area contributed by atoms with Gasteiger partial charge in [-0.05, 0) is 73.2 Å². The van der Waals surface area contributed by atoms with Crippen LogP contribution in [0.25, 0.3) is 0 Å². The Labute approximate surface area is 215 Å². The molecule has 1 aliphatic rings. The average Bonchev–Trinajstić information content (AvgIpc) is 3.38. The van der Waals surface area contributed by atoms with Crippen LogP contribution in [0.5, 0.6) is 11.5 Å². The Morgan fingerprint density at radius 1 is 1.17 bits per heavy atom. The molecule has 0 N–H and O–H groups in total. The third-order valence-electron chi connectivity index (χ3n) is 6.65. The van der Waals surface area contributed by atoms with Crippen LogP contribution in [0.3, 0.4) is 0 Å². The molecule has 0 aliphatic carbocycles. The molecule has 1 aromatic heterocycles. The summed E-state index contributed by atoms with van der Waals surface area (Å²) in [7, 11) is 1.58. The number of hydrogen-bond donors (Lipinski definition) is 0. The van der Waals surface area contributed by atoms with Crippen molar-refractivity contribution in [3.63, 3.8) is 0 Å². The maximum Gasteiger partial charge on any atom is 0.254 e. The summed E-state index contributed by atoms with van der Waals surface area (Å²) in [5, 5.41) is 2.02. The minimum absolute atomic E-state index is 0.0319. The van der Waals surface area contributed by atoms with Crippen LogP contribution in [0.2, 0.25) is 0 Å². The molecule has 0 spiro atoms. The van der Waals surface area contributed by atoms with E-state index in [1.165, 1.54) is 17.0 Å². The van der Waals surface area contributed by atoms with Gasteiger partial charge in [0.15, 0.2) is 0 Å². The molecule has 0 saturated heterocycles. The van der Waals surface area contributed by atoms with Gasteiger partial charge in [-0.2, -0.15) is 0 Å². The number of hydrogen-bond acceptors (Lipinski definition) is 5. The Kier molecular flexibility index (Phi) is 8.25. The van der Waals surface area contributed by atoms with Gasteiger partial charge in [0.25, 0.3) is 5.91 Å². The van der Waals surface area contributed by atoms with Gasteiger partial charge in [0.1, 0.15) is 30.5 Å². The van der Waals surface area contributed by atoms with Crippen molar-refractivity contribution < 1.29 is 23.5 Å². The molecule has 2 amide bonds. The van der Waals surface area contributed by atoms with Gasteiger partial charge in [0.05, 0.1) is 13.2 Å². The maximum atomic E-state index is 13.7. The van der Waals surface area contributed by atoms with E-state index in [-0.39, 0.29) is 42.9 Å². The Hall–Kier alpha value is -3.39. The number of fused-ring (bicyclic) bond motifs is 1. The van der Waals surface area contributed by atoms with Crippen molar-refractivity contribution in [2.24, 2.45) is 0 Å². The smallest absolute Gasteiger partial charge is 0.254 e. The molecule has 0 fully saturated rings. The average molecular weight is 511 g/mol. The van der Waals surface area contributed by atoms with Crippen LogP contribution in [0.4, 0.5) is 4.39 Å². The van der Waals surface area contributed by atoms with E-state index in [2.05, 4.69) is 0 Å². The van der Waals surface area contributed by atoms with E-state index in [1.54, 1.807) is 64.6 Å². The molecule has 3 aromatic rings. The van der Waals surface area contributed by atoms with Gasteiger partial charge >= 0.3 is 0 Å². The van der Waals surface area contributed by atoms with Gasteiger partial charge in [-0.3, -0.25) is 9.59 Å². The lowest BCUT2D eigenvalue weighted by molar-refractivity contribution is -0.136. The summed E-state index contributed by atoms with van der Waals surface area (Å²) in [5.74, 6) is 0.379. The number of halogens is 1. The van der Waals surface area contributed by atoms with Crippen LogP contribution in [0.1, 0.15) is 47.1 Å². The standard InChI is InChI=1S/C28H31FN2O4S/c1-4-19(2)31(28(33)20-8-10-22(34-3)11-9-20)17-27(32)30-14-12-26-24(13-15-36-26)25(30)18-35-23-7-5-6-21(29)16-23/h5-11,13,15-16,19,25H,4,12,14,17-18H2,1-3H3/t19-,25-/m1/s1. The molecule has 0 unspecified atom stereocenters.